The van der Waals surface area contributed by atoms with Crippen molar-refractivity contribution in [2.45, 2.75) is 31.8 Å². The molecule has 0 spiro atoms. The number of piperidine rings is 1. The van der Waals surface area contributed by atoms with Gasteiger partial charge in [0.15, 0.2) is 6.04 Å². The van der Waals surface area contributed by atoms with Gasteiger partial charge in [-0.2, -0.15) is 0 Å². The van der Waals surface area contributed by atoms with Crippen molar-refractivity contribution in [1.82, 2.24) is 10.2 Å². The van der Waals surface area contributed by atoms with Crippen LogP contribution >= 0.6 is 0 Å². The summed E-state index contributed by atoms with van der Waals surface area (Å²) in [5, 5.41) is 2.64. The molecule has 1 heterocycles. The third-order valence-corrected chi connectivity index (χ3v) is 5.47. The third-order valence-electron chi connectivity index (χ3n) is 5.47. The van der Waals surface area contributed by atoms with E-state index in [0.29, 0.717) is 12.1 Å². The fourth-order valence-corrected chi connectivity index (χ4v) is 3.92. The largest absolute Gasteiger partial charge is 0.355 e. The highest BCUT2D eigenvalue weighted by molar-refractivity contribution is 5.93. The van der Waals surface area contributed by atoms with Crippen LogP contribution in [0.4, 0.5) is 0 Å². The molecule has 2 aromatic carbocycles. The van der Waals surface area contributed by atoms with Gasteiger partial charge in [0.25, 0.3) is 11.8 Å². The van der Waals surface area contributed by atoms with Gasteiger partial charge in [-0.3, -0.25) is 9.59 Å². The number of quaternary nitrogens is 1. The molecule has 0 radical (unpaired) electrons. The lowest BCUT2D eigenvalue weighted by molar-refractivity contribution is -0.916. The maximum Gasteiger partial charge on any atom is 0.285 e. The lowest BCUT2D eigenvalue weighted by Crippen LogP contribution is -3.09. The molecule has 28 heavy (non-hydrogen) atoms. The number of likely N-dealkylation sites (N-methyl/N-ethyl adjacent to an activating group) is 1. The molecule has 1 unspecified atom stereocenters. The Morgan fingerprint density at radius 3 is 2.25 bits per heavy atom. The van der Waals surface area contributed by atoms with Crippen LogP contribution in [0.3, 0.4) is 0 Å². The zero-order valence-corrected chi connectivity index (χ0v) is 16.8. The predicted octanol–water partition coefficient (Wildman–Crippen LogP) is 1.81. The second-order valence-corrected chi connectivity index (χ2v) is 7.53. The van der Waals surface area contributed by atoms with E-state index in [0.717, 1.165) is 42.0 Å². The summed E-state index contributed by atoms with van der Waals surface area (Å²) in [6.45, 7) is 2.43. The van der Waals surface area contributed by atoms with Crippen LogP contribution in [-0.4, -0.2) is 43.9 Å². The first kappa shape index (κ1) is 20.1. The Balaban J connectivity index is 1.79. The van der Waals surface area contributed by atoms with Crippen LogP contribution in [0.2, 0.25) is 0 Å². The Morgan fingerprint density at radius 1 is 1.00 bits per heavy atom. The Kier molecular flexibility index (Phi) is 6.82. The minimum Gasteiger partial charge on any atom is -0.355 e. The van der Waals surface area contributed by atoms with Crippen molar-refractivity contribution in [3.05, 3.63) is 71.3 Å². The van der Waals surface area contributed by atoms with Gasteiger partial charge in [0.05, 0.1) is 7.05 Å². The lowest BCUT2D eigenvalue weighted by Gasteiger charge is -2.32. The van der Waals surface area contributed by atoms with Gasteiger partial charge >= 0.3 is 0 Å². The van der Waals surface area contributed by atoms with Gasteiger partial charge in [-0.1, -0.05) is 42.5 Å². The van der Waals surface area contributed by atoms with E-state index >= 15 is 0 Å². The fraction of sp³-hybridized carbons (Fsp3) is 0.391. The second-order valence-electron chi connectivity index (χ2n) is 7.53. The number of nitrogens with one attached hydrogen (secondary N) is 2. The molecule has 0 aromatic heterocycles. The van der Waals surface area contributed by atoms with E-state index in [1.807, 2.05) is 59.5 Å². The Labute approximate surface area is 167 Å². The van der Waals surface area contributed by atoms with E-state index < -0.39 is 0 Å². The molecule has 1 aliphatic rings. The van der Waals surface area contributed by atoms with Gasteiger partial charge in [-0.25, -0.2) is 0 Å². The first-order valence-electron chi connectivity index (χ1n) is 10.1. The summed E-state index contributed by atoms with van der Waals surface area (Å²) in [5.74, 6) is 0.125. The molecule has 0 aliphatic carbocycles. The van der Waals surface area contributed by atoms with Crippen molar-refractivity contribution in [1.29, 1.82) is 0 Å². The van der Waals surface area contributed by atoms with E-state index in [1.54, 1.807) is 7.05 Å². The summed E-state index contributed by atoms with van der Waals surface area (Å²) in [5.41, 5.74) is 2.81. The number of benzene rings is 2. The summed E-state index contributed by atoms with van der Waals surface area (Å²) in [6, 6.07) is 17.5. The van der Waals surface area contributed by atoms with Gasteiger partial charge in [0, 0.05) is 36.8 Å². The topological polar surface area (TPSA) is 53.9 Å². The summed E-state index contributed by atoms with van der Waals surface area (Å²) >= 11 is 0. The summed E-state index contributed by atoms with van der Waals surface area (Å²) < 4.78 is 0. The average molecular weight is 381 g/mol. The highest BCUT2D eigenvalue weighted by Gasteiger charge is 2.33. The van der Waals surface area contributed by atoms with Crippen molar-refractivity contribution in [2.75, 3.05) is 27.2 Å². The number of carbonyl (C=O) groups excluding carboxylic acids is 2. The molecule has 0 saturated carbocycles. The molecule has 5 heteroatoms. The SMILES string of the molecule is CNC(=O)c1ccc(C[NH+](C)[C@@H](C(=O)N2CCCCC2)c2ccccc2)cc1. The van der Waals surface area contributed by atoms with Crippen molar-refractivity contribution in [3.63, 3.8) is 0 Å². The highest BCUT2D eigenvalue weighted by atomic mass is 16.2. The van der Waals surface area contributed by atoms with E-state index in [4.69, 9.17) is 0 Å². The summed E-state index contributed by atoms with van der Waals surface area (Å²) in [7, 11) is 3.71. The van der Waals surface area contributed by atoms with E-state index in [9.17, 15) is 9.59 Å². The van der Waals surface area contributed by atoms with Crippen molar-refractivity contribution >= 4 is 11.8 Å². The molecule has 2 amide bonds. The van der Waals surface area contributed by atoms with Crippen molar-refractivity contribution in [3.8, 4) is 0 Å². The van der Waals surface area contributed by atoms with Gasteiger partial charge in [-0.15, -0.1) is 0 Å². The Bertz CT molecular complexity index is 783. The lowest BCUT2D eigenvalue weighted by atomic mass is 10.0. The molecular formula is C23H30N3O2+. The molecule has 2 aromatic rings. The molecule has 0 bridgehead atoms. The van der Waals surface area contributed by atoms with Gasteiger partial charge in [-0.05, 0) is 31.4 Å². The fourth-order valence-electron chi connectivity index (χ4n) is 3.92. The number of nitrogens with zero attached hydrogens (tertiary/aromatic N) is 1. The molecular weight excluding hydrogens is 350 g/mol. The zero-order valence-electron chi connectivity index (χ0n) is 16.8. The van der Waals surface area contributed by atoms with Crippen LogP contribution in [0.5, 0.6) is 0 Å². The number of hydrogen-bond acceptors (Lipinski definition) is 2. The van der Waals surface area contributed by atoms with E-state index in [1.165, 1.54) is 6.42 Å². The van der Waals surface area contributed by atoms with Crippen LogP contribution in [0.15, 0.2) is 54.6 Å². The van der Waals surface area contributed by atoms with Crippen LogP contribution in [0, 0.1) is 0 Å². The van der Waals surface area contributed by atoms with Crippen LogP contribution in [0.25, 0.3) is 0 Å². The molecule has 1 saturated heterocycles. The maximum atomic E-state index is 13.4. The van der Waals surface area contributed by atoms with Crippen LogP contribution in [0.1, 0.15) is 46.8 Å². The quantitative estimate of drug-likeness (QED) is 0.803. The molecule has 1 aliphatic heterocycles. The number of rotatable bonds is 6. The monoisotopic (exact) mass is 380 g/mol. The minimum absolute atomic E-state index is 0.0883. The molecule has 2 atom stereocenters. The first-order chi connectivity index (χ1) is 13.6. The minimum atomic E-state index is -0.224. The standard InChI is InChI=1S/C23H29N3O2/c1-24-22(27)20-13-11-18(12-14-20)17-25(2)21(19-9-5-3-6-10-19)23(28)26-15-7-4-8-16-26/h3,5-6,9-14,21H,4,7-8,15-17H2,1-2H3,(H,24,27)/p+1/t21-/m1/s1. The van der Waals surface area contributed by atoms with E-state index in [-0.39, 0.29) is 17.9 Å². The van der Waals surface area contributed by atoms with Gasteiger partial charge < -0.3 is 15.1 Å². The summed E-state index contributed by atoms with van der Waals surface area (Å²) in [6.07, 6.45) is 3.39. The zero-order chi connectivity index (χ0) is 19.9. The number of carbonyl (C=O) groups is 2. The maximum absolute atomic E-state index is 13.4. The highest BCUT2D eigenvalue weighted by Crippen LogP contribution is 2.17. The second kappa shape index (κ2) is 9.51. The first-order valence-corrected chi connectivity index (χ1v) is 10.1. The Morgan fingerprint density at radius 2 is 1.64 bits per heavy atom. The molecule has 1 fully saturated rings. The molecule has 148 valence electrons. The number of amides is 2. The normalized spacial score (nSPS) is 16.3. The van der Waals surface area contributed by atoms with E-state index in [2.05, 4.69) is 12.4 Å². The molecule has 3 rings (SSSR count). The Hall–Kier alpha value is -2.66. The summed E-state index contributed by atoms with van der Waals surface area (Å²) in [4.78, 5) is 28.3. The molecule has 5 nitrogen and oxygen atoms in total. The number of hydrogen-bond donors (Lipinski definition) is 2. The average Bonchev–Trinajstić information content (AvgIpc) is 2.75. The third kappa shape index (κ3) is 4.78. The van der Waals surface area contributed by atoms with Gasteiger partial charge in [0.1, 0.15) is 6.54 Å². The molecule has 2 N–H and O–H groups in total. The van der Waals surface area contributed by atoms with Crippen LogP contribution in [-0.2, 0) is 11.3 Å². The van der Waals surface area contributed by atoms with Crippen LogP contribution < -0.4 is 10.2 Å². The van der Waals surface area contributed by atoms with Crippen molar-refractivity contribution < 1.29 is 14.5 Å². The number of likely N-dealkylation sites (tertiary alicyclic amines) is 1. The van der Waals surface area contributed by atoms with Crippen molar-refractivity contribution in [2.24, 2.45) is 0 Å². The van der Waals surface area contributed by atoms with Gasteiger partial charge in [0.2, 0.25) is 0 Å². The smallest absolute Gasteiger partial charge is 0.285 e. The predicted molar refractivity (Wildman–Crippen MR) is 110 cm³/mol.